The van der Waals surface area contributed by atoms with Gasteiger partial charge in [-0.25, -0.2) is 17.1 Å². The molecule has 0 aliphatic carbocycles. The van der Waals surface area contributed by atoms with E-state index in [1.54, 1.807) is 42.5 Å². The van der Waals surface area contributed by atoms with Crippen LogP contribution in [0.1, 0.15) is 11.1 Å². The summed E-state index contributed by atoms with van der Waals surface area (Å²) in [5.74, 6) is -0.234. The van der Waals surface area contributed by atoms with Crippen molar-refractivity contribution in [1.82, 2.24) is 9.62 Å². The Labute approximate surface area is 130 Å². The van der Waals surface area contributed by atoms with Gasteiger partial charge in [0.15, 0.2) is 0 Å². The van der Waals surface area contributed by atoms with E-state index in [1.807, 2.05) is 0 Å². The molecule has 0 amide bonds. The van der Waals surface area contributed by atoms with E-state index >= 15 is 0 Å². The third-order valence-corrected chi connectivity index (χ3v) is 5.13. The standard InChI is InChI=1S/C16H19FN2O2S/c1-19(2)22(20,21)15-9-7-13(8-10-15)11-18-12-14-5-3-4-6-16(14)17/h3-10,18H,11-12H2,1-2H3. The summed E-state index contributed by atoms with van der Waals surface area (Å²) in [5.41, 5.74) is 1.54. The summed E-state index contributed by atoms with van der Waals surface area (Å²) in [6, 6.07) is 13.3. The van der Waals surface area contributed by atoms with Crippen molar-refractivity contribution < 1.29 is 12.8 Å². The molecule has 0 radical (unpaired) electrons. The first-order chi connectivity index (χ1) is 10.4. The average Bonchev–Trinajstić information content (AvgIpc) is 2.49. The second-order valence-electron chi connectivity index (χ2n) is 5.13. The lowest BCUT2D eigenvalue weighted by Gasteiger charge is -2.12. The number of sulfonamides is 1. The van der Waals surface area contributed by atoms with Crippen molar-refractivity contribution in [2.45, 2.75) is 18.0 Å². The van der Waals surface area contributed by atoms with Gasteiger partial charge in [-0.15, -0.1) is 0 Å². The number of nitrogens with zero attached hydrogens (tertiary/aromatic N) is 1. The van der Waals surface area contributed by atoms with Gasteiger partial charge in [-0.2, -0.15) is 0 Å². The number of hydrogen-bond acceptors (Lipinski definition) is 3. The third-order valence-electron chi connectivity index (χ3n) is 3.30. The minimum atomic E-state index is -3.40. The molecule has 2 rings (SSSR count). The molecule has 2 aromatic rings. The number of halogens is 1. The maximum absolute atomic E-state index is 13.5. The molecule has 0 saturated carbocycles. The Morgan fingerprint density at radius 2 is 1.64 bits per heavy atom. The van der Waals surface area contributed by atoms with Crippen LogP contribution in [0, 0.1) is 5.82 Å². The molecule has 6 heteroatoms. The molecule has 0 unspecified atom stereocenters. The minimum absolute atomic E-state index is 0.234. The van der Waals surface area contributed by atoms with E-state index in [0.717, 1.165) is 5.56 Å². The van der Waals surface area contributed by atoms with E-state index in [2.05, 4.69) is 5.32 Å². The highest BCUT2D eigenvalue weighted by Gasteiger charge is 2.16. The fraction of sp³-hybridized carbons (Fsp3) is 0.250. The number of hydrogen-bond donors (Lipinski definition) is 1. The van der Waals surface area contributed by atoms with Gasteiger partial charge in [-0.1, -0.05) is 30.3 Å². The van der Waals surface area contributed by atoms with Gasteiger partial charge >= 0.3 is 0 Å². The number of nitrogens with one attached hydrogen (secondary N) is 1. The van der Waals surface area contributed by atoms with Crippen LogP contribution in [0.4, 0.5) is 4.39 Å². The predicted octanol–water partition coefficient (Wildman–Crippen LogP) is 2.37. The zero-order valence-electron chi connectivity index (χ0n) is 12.6. The lowest BCUT2D eigenvalue weighted by atomic mass is 10.2. The lowest BCUT2D eigenvalue weighted by Crippen LogP contribution is -2.22. The second-order valence-corrected chi connectivity index (χ2v) is 7.28. The zero-order chi connectivity index (χ0) is 16.2. The van der Waals surface area contributed by atoms with Gasteiger partial charge in [0.25, 0.3) is 0 Å². The fourth-order valence-electron chi connectivity index (χ4n) is 1.97. The summed E-state index contributed by atoms with van der Waals surface area (Å²) in [6.45, 7) is 0.959. The normalized spacial score (nSPS) is 11.8. The second kappa shape index (κ2) is 7.00. The molecule has 2 aromatic carbocycles. The van der Waals surface area contributed by atoms with E-state index in [1.165, 1.54) is 24.5 Å². The lowest BCUT2D eigenvalue weighted by molar-refractivity contribution is 0.520. The summed E-state index contributed by atoms with van der Waals surface area (Å²) in [5, 5.41) is 3.14. The van der Waals surface area contributed by atoms with Gasteiger partial charge in [-0.3, -0.25) is 0 Å². The fourth-order valence-corrected chi connectivity index (χ4v) is 2.88. The molecule has 0 aliphatic rings. The molecule has 0 fully saturated rings. The molecule has 4 nitrogen and oxygen atoms in total. The highest BCUT2D eigenvalue weighted by atomic mass is 32.2. The topological polar surface area (TPSA) is 49.4 Å². The molecule has 0 aromatic heterocycles. The molecular weight excluding hydrogens is 303 g/mol. The first-order valence-corrected chi connectivity index (χ1v) is 8.31. The van der Waals surface area contributed by atoms with Gasteiger partial charge in [0.2, 0.25) is 10.0 Å². The predicted molar refractivity (Wildman–Crippen MR) is 84.3 cm³/mol. The Morgan fingerprint density at radius 1 is 1.00 bits per heavy atom. The maximum atomic E-state index is 13.5. The molecule has 1 N–H and O–H groups in total. The van der Waals surface area contributed by atoms with Crippen LogP contribution < -0.4 is 5.32 Å². The maximum Gasteiger partial charge on any atom is 0.242 e. The van der Waals surface area contributed by atoms with E-state index in [-0.39, 0.29) is 10.7 Å². The first-order valence-electron chi connectivity index (χ1n) is 6.87. The van der Waals surface area contributed by atoms with Crippen LogP contribution in [-0.2, 0) is 23.1 Å². The minimum Gasteiger partial charge on any atom is -0.309 e. The molecule has 118 valence electrons. The molecule has 0 spiro atoms. The monoisotopic (exact) mass is 322 g/mol. The van der Waals surface area contributed by atoms with Crippen molar-refractivity contribution in [1.29, 1.82) is 0 Å². The highest BCUT2D eigenvalue weighted by Crippen LogP contribution is 2.14. The number of benzene rings is 2. The van der Waals surface area contributed by atoms with Gasteiger partial charge in [0, 0.05) is 32.7 Å². The highest BCUT2D eigenvalue weighted by molar-refractivity contribution is 7.89. The Hall–Kier alpha value is -1.76. The van der Waals surface area contributed by atoms with Crippen molar-refractivity contribution in [2.75, 3.05) is 14.1 Å². The van der Waals surface area contributed by atoms with Crippen LogP contribution in [-0.4, -0.2) is 26.8 Å². The van der Waals surface area contributed by atoms with Gasteiger partial charge in [0.05, 0.1) is 4.90 Å². The molecule has 22 heavy (non-hydrogen) atoms. The number of rotatable bonds is 6. The van der Waals surface area contributed by atoms with Crippen LogP contribution in [0.15, 0.2) is 53.4 Å². The van der Waals surface area contributed by atoms with Crippen LogP contribution in [0.5, 0.6) is 0 Å². The Balaban J connectivity index is 1.97. The van der Waals surface area contributed by atoms with Gasteiger partial charge in [-0.05, 0) is 23.8 Å². The largest absolute Gasteiger partial charge is 0.309 e. The van der Waals surface area contributed by atoms with E-state index < -0.39 is 10.0 Å². The Kier molecular flexibility index (Phi) is 5.28. The van der Waals surface area contributed by atoms with E-state index in [0.29, 0.717) is 18.7 Å². The first kappa shape index (κ1) is 16.6. The smallest absolute Gasteiger partial charge is 0.242 e. The summed E-state index contributed by atoms with van der Waals surface area (Å²) in [6.07, 6.45) is 0. The third kappa shape index (κ3) is 3.91. The van der Waals surface area contributed by atoms with Crippen molar-refractivity contribution >= 4 is 10.0 Å². The zero-order valence-corrected chi connectivity index (χ0v) is 13.4. The van der Waals surface area contributed by atoms with Gasteiger partial charge < -0.3 is 5.32 Å². The van der Waals surface area contributed by atoms with Crippen molar-refractivity contribution in [3.8, 4) is 0 Å². The van der Waals surface area contributed by atoms with Crippen LogP contribution in [0.3, 0.4) is 0 Å². The van der Waals surface area contributed by atoms with Crippen LogP contribution >= 0.6 is 0 Å². The van der Waals surface area contributed by atoms with Crippen LogP contribution in [0.25, 0.3) is 0 Å². The summed E-state index contributed by atoms with van der Waals surface area (Å²) < 4.78 is 38.5. The summed E-state index contributed by atoms with van der Waals surface area (Å²) in [7, 11) is -0.401. The van der Waals surface area contributed by atoms with Crippen molar-refractivity contribution in [3.05, 3.63) is 65.5 Å². The van der Waals surface area contributed by atoms with E-state index in [4.69, 9.17) is 0 Å². The molecule has 0 heterocycles. The molecule has 0 atom stereocenters. The molecule has 0 saturated heterocycles. The van der Waals surface area contributed by atoms with E-state index in [9.17, 15) is 12.8 Å². The molecular formula is C16H19FN2O2S. The summed E-state index contributed by atoms with van der Waals surface area (Å²) >= 11 is 0. The summed E-state index contributed by atoms with van der Waals surface area (Å²) in [4.78, 5) is 0.260. The molecule has 0 aliphatic heterocycles. The molecule has 0 bridgehead atoms. The average molecular weight is 322 g/mol. The van der Waals surface area contributed by atoms with Crippen molar-refractivity contribution in [2.24, 2.45) is 0 Å². The quantitative estimate of drug-likeness (QED) is 0.888. The SMILES string of the molecule is CN(C)S(=O)(=O)c1ccc(CNCc2ccccc2F)cc1. The Morgan fingerprint density at radius 3 is 2.23 bits per heavy atom. The van der Waals surface area contributed by atoms with Gasteiger partial charge in [0.1, 0.15) is 5.82 Å². The van der Waals surface area contributed by atoms with Crippen LogP contribution in [0.2, 0.25) is 0 Å². The van der Waals surface area contributed by atoms with Crippen molar-refractivity contribution in [3.63, 3.8) is 0 Å². The Bertz CT molecular complexity index is 728.